The maximum Gasteiger partial charge on any atom is 0.258 e. The molecule has 0 fully saturated rings. The maximum absolute atomic E-state index is 12.7. The summed E-state index contributed by atoms with van der Waals surface area (Å²) in [4.78, 5) is 31.7. The molecule has 0 saturated carbocycles. The monoisotopic (exact) mass is 433 g/mol. The van der Waals surface area contributed by atoms with Crippen LogP contribution in [0.25, 0.3) is 11.4 Å². The van der Waals surface area contributed by atoms with Gasteiger partial charge in [0.05, 0.1) is 18.3 Å². The topological polar surface area (TPSA) is 92.7 Å². The van der Waals surface area contributed by atoms with E-state index in [4.69, 9.17) is 11.6 Å². The lowest BCUT2D eigenvalue weighted by Crippen LogP contribution is -2.12. The van der Waals surface area contributed by atoms with E-state index in [2.05, 4.69) is 20.4 Å². The molecule has 0 aliphatic rings. The van der Waals surface area contributed by atoms with E-state index in [1.54, 1.807) is 29.1 Å². The van der Waals surface area contributed by atoms with Gasteiger partial charge in [-0.1, -0.05) is 48.9 Å². The van der Waals surface area contributed by atoms with Crippen LogP contribution in [0.5, 0.6) is 0 Å². The zero-order valence-electron chi connectivity index (χ0n) is 16.8. The van der Waals surface area contributed by atoms with Gasteiger partial charge >= 0.3 is 0 Å². The van der Waals surface area contributed by atoms with Crippen molar-refractivity contribution in [2.75, 3.05) is 5.32 Å². The molecule has 0 radical (unpaired) electrons. The molecule has 156 valence electrons. The largest absolute Gasteiger partial charge is 0.322 e. The van der Waals surface area contributed by atoms with Crippen LogP contribution in [0.3, 0.4) is 0 Å². The van der Waals surface area contributed by atoms with E-state index in [0.29, 0.717) is 46.3 Å². The molecule has 2 aromatic heterocycles. The summed E-state index contributed by atoms with van der Waals surface area (Å²) in [5.74, 6) is 0.180. The lowest BCUT2D eigenvalue weighted by atomic mass is 10.1. The van der Waals surface area contributed by atoms with Gasteiger partial charge in [-0.05, 0) is 30.2 Å². The minimum Gasteiger partial charge on any atom is -0.322 e. The number of aryl methyl sites for hydroxylation is 1. The third-order valence-corrected chi connectivity index (χ3v) is 5.11. The number of anilines is 1. The van der Waals surface area contributed by atoms with Crippen molar-refractivity contribution in [2.24, 2.45) is 0 Å². The molecular formula is C23H20ClN5O2. The highest BCUT2D eigenvalue weighted by Crippen LogP contribution is 2.20. The molecule has 1 amide bonds. The van der Waals surface area contributed by atoms with E-state index in [9.17, 15) is 9.59 Å². The summed E-state index contributed by atoms with van der Waals surface area (Å²) >= 11 is 6.20. The number of H-pyrrole nitrogens is 1. The Labute approximate surface area is 183 Å². The van der Waals surface area contributed by atoms with Crippen LogP contribution >= 0.6 is 11.6 Å². The Bertz CT molecular complexity index is 1290. The fourth-order valence-electron chi connectivity index (χ4n) is 3.14. The number of carbonyl (C=O) groups is 1. The van der Waals surface area contributed by atoms with Crippen molar-refractivity contribution in [1.82, 2.24) is 19.7 Å². The van der Waals surface area contributed by atoms with Gasteiger partial charge in [-0.15, -0.1) is 0 Å². The summed E-state index contributed by atoms with van der Waals surface area (Å²) in [6.45, 7) is 2.41. The molecule has 31 heavy (non-hydrogen) atoms. The number of hydrogen-bond acceptors (Lipinski definition) is 4. The first-order valence-corrected chi connectivity index (χ1v) is 10.2. The van der Waals surface area contributed by atoms with Crippen molar-refractivity contribution >= 4 is 23.2 Å². The Kier molecular flexibility index (Phi) is 5.95. The van der Waals surface area contributed by atoms with Crippen LogP contribution in [0.2, 0.25) is 5.02 Å². The summed E-state index contributed by atoms with van der Waals surface area (Å²) in [5, 5.41) is 7.77. The molecule has 0 bridgehead atoms. The normalized spacial score (nSPS) is 10.8. The SMILES string of the molecule is CCc1cc(=O)[nH]c(-c2cccc(NC(=O)c3cnn(Cc4ccccc4Cl)c3)c2)n1. The van der Waals surface area contributed by atoms with E-state index in [0.717, 1.165) is 5.56 Å². The number of carbonyl (C=O) groups excluding carboxylic acids is 1. The number of rotatable bonds is 6. The predicted molar refractivity (Wildman–Crippen MR) is 120 cm³/mol. The molecule has 0 saturated heterocycles. The zero-order valence-corrected chi connectivity index (χ0v) is 17.6. The molecule has 0 aliphatic carbocycles. The Hall–Kier alpha value is -3.71. The van der Waals surface area contributed by atoms with Gasteiger partial charge in [0, 0.05) is 34.2 Å². The third kappa shape index (κ3) is 4.90. The second kappa shape index (κ2) is 8.97. The van der Waals surface area contributed by atoms with E-state index in [1.807, 2.05) is 37.3 Å². The average molecular weight is 434 g/mol. The minimum atomic E-state index is -0.286. The summed E-state index contributed by atoms with van der Waals surface area (Å²) in [6.07, 6.45) is 3.84. The van der Waals surface area contributed by atoms with Crippen LogP contribution < -0.4 is 10.9 Å². The number of nitrogens with one attached hydrogen (secondary N) is 2. The molecule has 0 unspecified atom stereocenters. The summed E-state index contributed by atoms with van der Waals surface area (Å²) in [7, 11) is 0. The molecule has 4 aromatic rings. The number of aromatic amines is 1. The van der Waals surface area contributed by atoms with E-state index in [1.165, 1.54) is 12.3 Å². The number of halogens is 1. The second-order valence-electron chi connectivity index (χ2n) is 6.99. The minimum absolute atomic E-state index is 0.206. The molecule has 4 rings (SSSR count). The van der Waals surface area contributed by atoms with Gasteiger partial charge in [0.2, 0.25) is 0 Å². The smallest absolute Gasteiger partial charge is 0.258 e. The van der Waals surface area contributed by atoms with Crippen LogP contribution in [-0.2, 0) is 13.0 Å². The zero-order chi connectivity index (χ0) is 21.8. The van der Waals surface area contributed by atoms with E-state index in [-0.39, 0.29) is 11.5 Å². The van der Waals surface area contributed by atoms with Crippen LogP contribution in [0, 0.1) is 0 Å². The standard InChI is InChI=1S/C23H20ClN5O2/c1-2-18-11-21(30)28-22(26-18)15-7-5-8-19(10-15)27-23(31)17-12-25-29(14-17)13-16-6-3-4-9-20(16)24/h3-12,14H,2,13H2,1H3,(H,27,31)(H,26,28,30). The van der Waals surface area contributed by atoms with E-state index < -0.39 is 0 Å². The second-order valence-corrected chi connectivity index (χ2v) is 7.40. The van der Waals surface area contributed by atoms with Gasteiger partial charge in [0.1, 0.15) is 5.82 Å². The molecular weight excluding hydrogens is 414 g/mol. The van der Waals surface area contributed by atoms with Crippen molar-refractivity contribution in [3.8, 4) is 11.4 Å². The van der Waals surface area contributed by atoms with Gasteiger partial charge in [0.25, 0.3) is 11.5 Å². The molecule has 7 nitrogen and oxygen atoms in total. The Morgan fingerprint density at radius 2 is 2.00 bits per heavy atom. The van der Waals surface area contributed by atoms with Crippen LogP contribution in [-0.4, -0.2) is 25.7 Å². The van der Waals surface area contributed by atoms with Crippen molar-refractivity contribution in [3.63, 3.8) is 0 Å². The van der Waals surface area contributed by atoms with Gasteiger partial charge in [0.15, 0.2) is 0 Å². The first-order valence-electron chi connectivity index (χ1n) is 9.79. The Morgan fingerprint density at radius 1 is 1.16 bits per heavy atom. The number of nitrogens with zero attached hydrogens (tertiary/aromatic N) is 3. The van der Waals surface area contributed by atoms with Crippen molar-refractivity contribution < 1.29 is 4.79 Å². The third-order valence-electron chi connectivity index (χ3n) is 4.74. The van der Waals surface area contributed by atoms with Gasteiger partial charge in [-0.3, -0.25) is 14.3 Å². The molecule has 0 atom stereocenters. The lowest BCUT2D eigenvalue weighted by Gasteiger charge is -2.07. The van der Waals surface area contributed by atoms with Gasteiger partial charge in [-0.2, -0.15) is 5.10 Å². The molecule has 8 heteroatoms. The Morgan fingerprint density at radius 3 is 2.81 bits per heavy atom. The van der Waals surface area contributed by atoms with Crippen molar-refractivity contribution in [3.05, 3.63) is 99.2 Å². The van der Waals surface area contributed by atoms with Crippen molar-refractivity contribution in [1.29, 1.82) is 0 Å². The van der Waals surface area contributed by atoms with Crippen molar-refractivity contribution in [2.45, 2.75) is 19.9 Å². The molecule has 2 heterocycles. The number of aromatic nitrogens is 4. The highest BCUT2D eigenvalue weighted by Gasteiger charge is 2.11. The van der Waals surface area contributed by atoms with Crippen LogP contribution in [0.1, 0.15) is 28.5 Å². The number of amides is 1. The summed E-state index contributed by atoms with van der Waals surface area (Å²) in [5.41, 5.74) is 3.14. The Balaban J connectivity index is 1.50. The van der Waals surface area contributed by atoms with E-state index >= 15 is 0 Å². The quantitative estimate of drug-likeness (QED) is 0.477. The van der Waals surface area contributed by atoms with Crippen LogP contribution in [0.4, 0.5) is 5.69 Å². The average Bonchev–Trinajstić information content (AvgIpc) is 3.24. The molecule has 0 aliphatic heterocycles. The molecule has 2 N–H and O–H groups in total. The van der Waals surface area contributed by atoms with Gasteiger partial charge in [-0.25, -0.2) is 4.98 Å². The maximum atomic E-state index is 12.7. The van der Waals surface area contributed by atoms with Crippen LogP contribution in [0.15, 0.2) is 71.8 Å². The highest BCUT2D eigenvalue weighted by molar-refractivity contribution is 6.31. The number of benzene rings is 2. The first-order chi connectivity index (χ1) is 15.0. The number of hydrogen-bond donors (Lipinski definition) is 2. The highest BCUT2D eigenvalue weighted by atomic mass is 35.5. The fraction of sp³-hybridized carbons (Fsp3) is 0.130. The predicted octanol–water partition coefficient (Wildman–Crippen LogP) is 4.15. The molecule has 2 aromatic carbocycles. The summed E-state index contributed by atoms with van der Waals surface area (Å²) in [6, 6.07) is 16.2. The lowest BCUT2D eigenvalue weighted by molar-refractivity contribution is 0.102. The fourth-order valence-corrected chi connectivity index (χ4v) is 3.34. The first kappa shape index (κ1) is 20.6. The van der Waals surface area contributed by atoms with Gasteiger partial charge < -0.3 is 10.3 Å². The molecule has 0 spiro atoms. The summed E-state index contributed by atoms with van der Waals surface area (Å²) < 4.78 is 1.66.